The van der Waals surface area contributed by atoms with Gasteiger partial charge in [0.2, 0.25) is 0 Å². The van der Waals surface area contributed by atoms with Crippen molar-refractivity contribution in [1.29, 1.82) is 0 Å². The fourth-order valence-corrected chi connectivity index (χ4v) is 3.45. The van der Waals surface area contributed by atoms with Crippen LogP contribution in [-0.2, 0) is 0 Å². The molecule has 1 atom stereocenters. The second-order valence-electron chi connectivity index (χ2n) is 4.49. The number of nitrogens with zero attached hydrogens (tertiary/aromatic N) is 1. The van der Waals surface area contributed by atoms with E-state index < -0.39 is 0 Å². The van der Waals surface area contributed by atoms with Gasteiger partial charge in [-0.15, -0.1) is 0 Å². The van der Waals surface area contributed by atoms with E-state index in [1.807, 2.05) is 11.9 Å². The Morgan fingerprint density at radius 3 is 2.59 bits per heavy atom. The summed E-state index contributed by atoms with van der Waals surface area (Å²) in [5.41, 5.74) is 4.14. The maximum Gasteiger partial charge on any atom is 0.0713 e. The number of rotatable bonds is 1. The van der Waals surface area contributed by atoms with Gasteiger partial charge in [0.1, 0.15) is 0 Å². The van der Waals surface area contributed by atoms with Gasteiger partial charge in [-0.1, -0.05) is 48.0 Å². The highest BCUT2D eigenvalue weighted by atomic mass is 32.2. The van der Waals surface area contributed by atoms with Gasteiger partial charge in [0.15, 0.2) is 0 Å². The summed E-state index contributed by atoms with van der Waals surface area (Å²) in [6, 6.07) is 17.8. The van der Waals surface area contributed by atoms with Crippen LogP contribution in [0, 0.1) is 6.92 Å². The first-order valence-electron chi connectivity index (χ1n) is 5.82. The van der Waals surface area contributed by atoms with Crippen LogP contribution in [0.1, 0.15) is 22.7 Å². The highest BCUT2D eigenvalue weighted by Gasteiger charge is 2.29. The second-order valence-corrected chi connectivity index (χ2v) is 5.69. The van der Waals surface area contributed by atoms with Crippen molar-refractivity contribution in [3.05, 3.63) is 65.2 Å². The molecule has 1 aliphatic rings. The highest BCUT2D eigenvalue weighted by molar-refractivity contribution is 7.97. The standard InChI is InChI=1S/C15H15NS/c1-11-8-9-14-13(10-11)15(16(2)17-14)12-6-4-3-5-7-12/h3-10,15H,1-2H3. The van der Waals surface area contributed by atoms with Gasteiger partial charge in [-0.3, -0.25) is 0 Å². The largest absolute Gasteiger partial charge is 0.237 e. The summed E-state index contributed by atoms with van der Waals surface area (Å²) in [6.45, 7) is 2.16. The monoisotopic (exact) mass is 241 g/mol. The van der Waals surface area contributed by atoms with Crippen LogP contribution in [0.2, 0.25) is 0 Å². The first-order valence-corrected chi connectivity index (χ1v) is 6.59. The number of fused-ring (bicyclic) bond motifs is 1. The lowest BCUT2D eigenvalue weighted by Gasteiger charge is -2.19. The molecule has 3 rings (SSSR count). The Hall–Kier alpha value is -1.25. The molecule has 17 heavy (non-hydrogen) atoms. The maximum atomic E-state index is 2.33. The lowest BCUT2D eigenvalue weighted by atomic mass is 9.98. The van der Waals surface area contributed by atoms with Crippen molar-refractivity contribution < 1.29 is 0 Å². The topological polar surface area (TPSA) is 3.24 Å². The average molecular weight is 241 g/mol. The van der Waals surface area contributed by atoms with E-state index in [4.69, 9.17) is 0 Å². The van der Waals surface area contributed by atoms with Crippen molar-refractivity contribution in [3.63, 3.8) is 0 Å². The fourth-order valence-electron chi connectivity index (χ4n) is 2.39. The molecule has 2 aromatic rings. The molecule has 2 heteroatoms. The van der Waals surface area contributed by atoms with Crippen LogP contribution in [0.15, 0.2) is 53.4 Å². The molecule has 0 spiro atoms. The first kappa shape index (κ1) is 10.9. The molecule has 1 heterocycles. The Labute approximate surface area is 107 Å². The third-order valence-corrected chi connectivity index (χ3v) is 4.25. The minimum Gasteiger partial charge on any atom is -0.237 e. The van der Waals surface area contributed by atoms with E-state index in [9.17, 15) is 0 Å². The van der Waals surface area contributed by atoms with Gasteiger partial charge in [0, 0.05) is 4.90 Å². The van der Waals surface area contributed by atoms with Crippen LogP contribution >= 0.6 is 11.9 Å². The van der Waals surface area contributed by atoms with Gasteiger partial charge in [-0.2, -0.15) is 0 Å². The van der Waals surface area contributed by atoms with Crippen molar-refractivity contribution in [2.75, 3.05) is 7.05 Å². The molecule has 0 radical (unpaired) electrons. The minimum atomic E-state index is 0.385. The van der Waals surface area contributed by atoms with Crippen LogP contribution in [0.3, 0.4) is 0 Å². The predicted octanol–water partition coefficient (Wildman–Crippen LogP) is 4.04. The van der Waals surface area contributed by atoms with Gasteiger partial charge < -0.3 is 0 Å². The third kappa shape index (κ3) is 1.88. The van der Waals surface area contributed by atoms with Gasteiger partial charge in [-0.05, 0) is 43.1 Å². The molecule has 0 amide bonds. The molecule has 0 bridgehead atoms. The SMILES string of the molecule is Cc1ccc2c(c1)C(c1ccccc1)N(C)S2. The third-order valence-electron chi connectivity index (χ3n) is 3.18. The molecule has 1 unspecified atom stereocenters. The Balaban J connectivity index is 2.11. The number of hydrogen-bond acceptors (Lipinski definition) is 2. The summed E-state index contributed by atoms with van der Waals surface area (Å²) in [5.74, 6) is 0. The lowest BCUT2D eigenvalue weighted by Crippen LogP contribution is -2.13. The summed E-state index contributed by atoms with van der Waals surface area (Å²) in [7, 11) is 2.16. The summed E-state index contributed by atoms with van der Waals surface area (Å²) in [4.78, 5) is 1.38. The first-order chi connectivity index (χ1) is 8.25. The smallest absolute Gasteiger partial charge is 0.0713 e. The number of aryl methyl sites for hydroxylation is 1. The number of benzene rings is 2. The summed E-state index contributed by atoms with van der Waals surface area (Å²) in [6.07, 6.45) is 0. The molecular formula is C15H15NS. The summed E-state index contributed by atoms with van der Waals surface area (Å²) < 4.78 is 2.33. The summed E-state index contributed by atoms with van der Waals surface area (Å²) in [5, 5.41) is 0. The Kier molecular flexibility index (Phi) is 2.69. The van der Waals surface area contributed by atoms with E-state index in [-0.39, 0.29) is 0 Å². The zero-order chi connectivity index (χ0) is 11.8. The van der Waals surface area contributed by atoms with E-state index in [0.717, 1.165) is 0 Å². The molecule has 0 fully saturated rings. The van der Waals surface area contributed by atoms with Crippen LogP contribution in [0.5, 0.6) is 0 Å². The van der Waals surface area contributed by atoms with Gasteiger partial charge in [0.25, 0.3) is 0 Å². The molecule has 1 nitrogen and oxygen atoms in total. The maximum absolute atomic E-state index is 2.33. The van der Waals surface area contributed by atoms with Crippen molar-refractivity contribution in [2.45, 2.75) is 17.9 Å². The van der Waals surface area contributed by atoms with Gasteiger partial charge >= 0.3 is 0 Å². The number of hydrogen-bond donors (Lipinski definition) is 0. The van der Waals surface area contributed by atoms with Gasteiger partial charge in [-0.25, -0.2) is 4.31 Å². The van der Waals surface area contributed by atoms with Gasteiger partial charge in [0.05, 0.1) is 6.04 Å². The van der Waals surface area contributed by atoms with Crippen LogP contribution in [0.4, 0.5) is 0 Å². The van der Waals surface area contributed by atoms with E-state index in [1.165, 1.54) is 21.6 Å². The minimum absolute atomic E-state index is 0.385. The molecule has 0 aromatic heterocycles. The van der Waals surface area contributed by atoms with Crippen molar-refractivity contribution in [1.82, 2.24) is 4.31 Å². The van der Waals surface area contributed by atoms with Crippen LogP contribution in [-0.4, -0.2) is 11.4 Å². The van der Waals surface area contributed by atoms with E-state index in [2.05, 4.69) is 66.8 Å². The van der Waals surface area contributed by atoms with Crippen LogP contribution in [0.25, 0.3) is 0 Å². The molecule has 0 saturated heterocycles. The fraction of sp³-hybridized carbons (Fsp3) is 0.200. The van der Waals surface area contributed by atoms with Crippen molar-refractivity contribution in [2.24, 2.45) is 0 Å². The molecule has 0 N–H and O–H groups in total. The van der Waals surface area contributed by atoms with E-state index in [0.29, 0.717) is 6.04 Å². The highest BCUT2D eigenvalue weighted by Crippen LogP contribution is 2.46. The molecule has 2 aromatic carbocycles. The molecule has 86 valence electrons. The lowest BCUT2D eigenvalue weighted by molar-refractivity contribution is 0.496. The molecule has 1 aliphatic heterocycles. The molecular weight excluding hydrogens is 226 g/mol. The molecule has 0 aliphatic carbocycles. The van der Waals surface area contributed by atoms with E-state index >= 15 is 0 Å². The van der Waals surface area contributed by atoms with E-state index in [1.54, 1.807) is 0 Å². The van der Waals surface area contributed by atoms with Crippen molar-refractivity contribution in [3.8, 4) is 0 Å². The van der Waals surface area contributed by atoms with Crippen molar-refractivity contribution >= 4 is 11.9 Å². The quantitative estimate of drug-likeness (QED) is 0.693. The second kappa shape index (κ2) is 4.21. The Morgan fingerprint density at radius 1 is 1.06 bits per heavy atom. The molecule has 0 saturated carbocycles. The normalized spacial score (nSPS) is 19.3. The Morgan fingerprint density at radius 2 is 1.82 bits per heavy atom. The predicted molar refractivity (Wildman–Crippen MR) is 73.1 cm³/mol. The zero-order valence-corrected chi connectivity index (χ0v) is 10.9. The zero-order valence-electron chi connectivity index (χ0n) is 10.1. The average Bonchev–Trinajstić information content (AvgIpc) is 2.65. The summed E-state index contributed by atoms with van der Waals surface area (Å²) >= 11 is 1.84. The Bertz CT molecular complexity index is 536. The van der Waals surface area contributed by atoms with Crippen LogP contribution < -0.4 is 0 Å².